The van der Waals surface area contributed by atoms with Crippen molar-refractivity contribution in [2.45, 2.75) is 22.6 Å². The number of anilines is 1. The number of fused-ring (bicyclic) bond motifs is 9. The number of carbonyl (C=O) groups is 2. The highest BCUT2D eigenvalue weighted by Crippen LogP contribution is 2.69. The Bertz CT molecular complexity index is 1530. The van der Waals surface area contributed by atoms with E-state index in [2.05, 4.69) is 4.98 Å². The van der Waals surface area contributed by atoms with E-state index in [4.69, 9.17) is 4.74 Å². The van der Waals surface area contributed by atoms with Crippen molar-refractivity contribution < 1.29 is 19.2 Å². The zero-order valence-electron chi connectivity index (χ0n) is 19.5. The lowest BCUT2D eigenvalue weighted by atomic mass is 9.68. The van der Waals surface area contributed by atoms with Crippen molar-refractivity contribution in [2.24, 2.45) is 29.6 Å². The van der Waals surface area contributed by atoms with Crippen LogP contribution in [0, 0.1) is 39.7 Å². The number of benzene rings is 2. The lowest BCUT2D eigenvalue weighted by Crippen LogP contribution is -2.42. The molecule has 2 aromatic carbocycles. The van der Waals surface area contributed by atoms with Crippen molar-refractivity contribution in [1.29, 1.82) is 0 Å². The Kier molecular flexibility index (Phi) is 4.93. The second kappa shape index (κ2) is 8.03. The normalized spacial score (nSPS) is 31.3. The van der Waals surface area contributed by atoms with Crippen LogP contribution < -0.4 is 14.5 Å². The van der Waals surface area contributed by atoms with E-state index >= 15 is 0 Å². The first kappa shape index (κ1) is 22.7. The lowest BCUT2D eigenvalue weighted by Gasteiger charge is -2.43. The van der Waals surface area contributed by atoms with Crippen molar-refractivity contribution in [2.75, 3.05) is 12.0 Å². The molecular weight excluding hydrogens is 514 g/mol. The molecule has 188 valence electrons. The van der Waals surface area contributed by atoms with Crippen LogP contribution in [0.1, 0.15) is 22.8 Å². The summed E-state index contributed by atoms with van der Waals surface area (Å²) in [4.78, 5) is 55.5. The number of nitrogens with one attached hydrogen (secondary N) is 1. The topological polar surface area (TPSA) is 123 Å². The van der Waals surface area contributed by atoms with Crippen LogP contribution in [0.25, 0.3) is 0 Å². The highest BCUT2D eigenvalue weighted by molar-refractivity contribution is 8.00. The SMILES string of the molecule is COc1ccccc1[C@H]1c2sc(=O)[nH]c2S[C@H]2[C@@H]3C[C@H]([C@H]4C(=O)N(c5ccc([N+](=O)[O-])cc5)C(=O)[C@H]34)[C@@H]12. The molecule has 0 spiro atoms. The van der Waals surface area contributed by atoms with Crippen molar-refractivity contribution in [3.8, 4) is 5.75 Å². The molecule has 2 saturated carbocycles. The average Bonchev–Trinajstić information content (AvgIpc) is 3.63. The number of imide groups is 1. The predicted molar refractivity (Wildman–Crippen MR) is 137 cm³/mol. The van der Waals surface area contributed by atoms with Gasteiger partial charge in [-0.2, -0.15) is 0 Å². The zero-order chi connectivity index (χ0) is 25.6. The van der Waals surface area contributed by atoms with Gasteiger partial charge in [0.2, 0.25) is 11.8 Å². The van der Waals surface area contributed by atoms with E-state index in [1.807, 2.05) is 24.3 Å². The molecule has 3 aromatic rings. The van der Waals surface area contributed by atoms with E-state index in [-0.39, 0.29) is 51.3 Å². The highest BCUT2D eigenvalue weighted by atomic mass is 32.2. The molecule has 7 rings (SSSR count). The maximum absolute atomic E-state index is 13.8. The summed E-state index contributed by atoms with van der Waals surface area (Å²) in [6.45, 7) is 0. The van der Waals surface area contributed by atoms with Gasteiger partial charge in [-0.1, -0.05) is 29.5 Å². The molecule has 2 amide bonds. The van der Waals surface area contributed by atoms with Crippen LogP contribution in [0.4, 0.5) is 11.4 Å². The summed E-state index contributed by atoms with van der Waals surface area (Å²) in [6.07, 6.45) is 0.786. The smallest absolute Gasteiger partial charge is 0.305 e. The molecule has 3 heterocycles. The van der Waals surface area contributed by atoms with E-state index in [0.717, 1.165) is 27.6 Å². The fourth-order valence-electron chi connectivity index (χ4n) is 7.27. The molecule has 11 heteroatoms. The number of hydrogen-bond donors (Lipinski definition) is 1. The third-order valence-corrected chi connectivity index (χ3v) is 11.1. The van der Waals surface area contributed by atoms with Gasteiger partial charge in [0.05, 0.1) is 34.6 Å². The van der Waals surface area contributed by atoms with Crippen LogP contribution in [0.3, 0.4) is 0 Å². The largest absolute Gasteiger partial charge is 0.496 e. The number of H-pyrrole nitrogens is 1. The van der Waals surface area contributed by atoms with Crippen LogP contribution in [0.2, 0.25) is 0 Å². The molecule has 2 aliphatic carbocycles. The number of aromatic nitrogens is 1. The summed E-state index contributed by atoms with van der Waals surface area (Å²) >= 11 is 2.85. The molecule has 9 nitrogen and oxygen atoms in total. The van der Waals surface area contributed by atoms with E-state index in [9.17, 15) is 24.5 Å². The summed E-state index contributed by atoms with van der Waals surface area (Å²) < 4.78 is 5.71. The second-order valence-electron chi connectivity index (χ2n) is 9.99. The quantitative estimate of drug-likeness (QED) is 0.304. The number of nitro benzene ring substituents is 1. The number of nitrogens with zero attached hydrogens (tertiary/aromatic N) is 2. The number of amides is 2. The van der Waals surface area contributed by atoms with Crippen LogP contribution in [0.15, 0.2) is 58.4 Å². The third-order valence-electron chi connectivity index (χ3n) is 8.52. The summed E-state index contributed by atoms with van der Waals surface area (Å²) in [5, 5.41) is 12.0. The maximum Gasteiger partial charge on any atom is 0.305 e. The molecule has 2 aliphatic heterocycles. The minimum absolute atomic E-state index is 0.00161. The minimum Gasteiger partial charge on any atom is -0.496 e. The fraction of sp³-hybridized carbons (Fsp3) is 0.346. The number of ether oxygens (including phenoxy) is 1. The number of nitro groups is 1. The Morgan fingerprint density at radius 3 is 2.43 bits per heavy atom. The molecule has 1 N–H and O–H groups in total. The first-order valence-corrected chi connectivity index (χ1v) is 13.7. The lowest BCUT2D eigenvalue weighted by molar-refractivity contribution is -0.384. The van der Waals surface area contributed by atoms with Gasteiger partial charge in [-0.3, -0.25) is 29.4 Å². The predicted octanol–water partition coefficient (Wildman–Crippen LogP) is 4.03. The average molecular weight is 536 g/mol. The van der Waals surface area contributed by atoms with Gasteiger partial charge in [0, 0.05) is 33.7 Å². The number of aromatic amines is 1. The third kappa shape index (κ3) is 3.07. The molecule has 3 fully saturated rings. The first-order chi connectivity index (χ1) is 17.9. The number of non-ortho nitro benzene ring substituents is 1. The number of hydrogen-bond acceptors (Lipinski definition) is 8. The number of para-hydroxylation sites is 1. The number of methoxy groups -OCH3 is 1. The zero-order valence-corrected chi connectivity index (χ0v) is 21.2. The van der Waals surface area contributed by atoms with Crippen LogP contribution in [0.5, 0.6) is 5.75 Å². The van der Waals surface area contributed by atoms with Crippen molar-refractivity contribution in [3.63, 3.8) is 0 Å². The van der Waals surface area contributed by atoms with E-state index in [1.165, 1.54) is 40.5 Å². The van der Waals surface area contributed by atoms with Gasteiger partial charge >= 0.3 is 4.87 Å². The summed E-state index contributed by atoms with van der Waals surface area (Å²) in [5.74, 6) is -0.652. The Hall–Kier alpha value is -3.44. The summed E-state index contributed by atoms with van der Waals surface area (Å²) in [7, 11) is 1.63. The Labute approximate surface area is 219 Å². The maximum atomic E-state index is 13.8. The van der Waals surface area contributed by atoms with Gasteiger partial charge in [0.1, 0.15) is 5.75 Å². The molecular formula is C26H21N3O6S2. The Balaban J connectivity index is 1.31. The minimum atomic E-state index is -0.505. The van der Waals surface area contributed by atoms with E-state index < -0.39 is 16.8 Å². The molecule has 0 radical (unpaired) electrons. The number of rotatable bonds is 4. The number of thioether (sulfide) groups is 1. The van der Waals surface area contributed by atoms with Crippen molar-refractivity contribution in [1.82, 2.24) is 4.98 Å². The van der Waals surface area contributed by atoms with Crippen molar-refractivity contribution in [3.05, 3.63) is 78.8 Å². The van der Waals surface area contributed by atoms with Gasteiger partial charge in [-0.05, 0) is 42.4 Å². The molecule has 1 saturated heterocycles. The van der Waals surface area contributed by atoms with E-state index in [0.29, 0.717) is 5.69 Å². The second-order valence-corrected chi connectivity index (χ2v) is 12.2. The van der Waals surface area contributed by atoms with Gasteiger partial charge in [0.15, 0.2) is 0 Å². The standard InChI is InChI=1S/C26H21N3O6S2/c1-35-16-5-3-2-4-13(16)17-18-14-10-15(21(18)36-23-22(17)37-26(32)27-23)20-19(14)24(30)28(25(20)31)11-6-8-12(9-7-11)29(33)34/h2-9,14-15,17-21H,10H2,1H3,(H,27,32)/t14-,15+,17+,18-,19+,20+,21-/m0/s1. The van der Waals surface area contributed by atoms with E-state index in [1.54, 1.807) is 18.9 Å². The molecule has 2 bridgehead atoms. The van der Waals surface area contributed by atoms with Crippen LogP contribution >= 0.6 is 23.1 Å². The van der Waals surface area contributed by atoms with Crippen LogP contribution in [-0.4, -0.2) is 34.1 Å². The summed E-state index contributed by atoms with van der Waals surface area (Å²) in [6, 6.07) is 13.4. The molecule has 0 unspecified atom stereocenters. The van der Waals surface area contributed by atoms with Gasteiger partial charge in [-0.25, -0.2) is 0 Å². The molecule has 7 atom stereocenters. The number of carbonyl (C=O) groups excluding carboxylic acids is 2. The molecule has 4 aliphatic rings. The Morgan fingerprint density at radius 2 is 1.73 bits per heavy atom. The van der Waals surface area contributed by atoms with Gasteiger partial charge in [0.25, 0.3) is 5.69 Å². The fourth-order valence-corrected chi connectivity index (χ4v) is 10.1. The van der Waals surface area contributed by atoms with Gasteiger partial charge < -0.3 is 9.72 Å². The van der Waals surface area contributed by atoms with Gasteiger partial charge in [-0.15, -0.1) is 11.8 Å². The molecule has 37 heavy (non-hydrogen) atoms. The number of thiazole rings is 1. The summed E-state index contributed by atoms with van der Waals surface area (Å²) in [5.41, 5.74) is 1.27. The molecule has 1 aromatic heterocycles. The first-order valence-electron chi connectivity index (χ1n) is 12.0. The van der Waals surface area contributed by atoms with Crippen LogP contribution in [-0.2, 0) is 9.59 Å². The van der Waals surface area contributed by atoms with Crippen molar-refractivity contribution >= 4 is 46.3 Å². The monoisotopic (exact) mass is 535 g/mol. The highest BCUT2D eigenvalue weighted by Gasteiger charge is 2.69. The Morgan fingerprint density at radius 1 is 1.03 bits per heavy atom.